The van der Waals surface area contributed by atoms with E-state index in [0.717, 1.165) is 18.8 Å². The summed E-state index contributed by atoms with van der Waals surface area (Å²) in [5.74, 6) is -4.44. The molecule has 8 heterocycles. The second-order valence-corrected chi connectivity index (χ2v) is 36.4. The van der Waals surface area contributed by atoms with Crippen LogP contribution in [0, 0.1) is 50.2 Å². The molecule has 0 aromatic heterocycles. The highest BCUT2D eigenvalue weighted by molar-refractivity contribution is 5.79. The topological polar surface area (TPSA) is 630 Å². The first-order valence-electron chi connectivity index (χ1n) is 40.7. The number of hydrogen-bond donors (Lipinski definition) is 20. The number of carboxylic acid groups (broad SMARTS) is 1. The van der Waals surface area contributed by atoms with Crippen molar-refractivity contribution in [3.8, 4) is 0 Å². The second-order valence-electron chi connectivity index (χ2n) is 36.4. The lowest BCUT2D eigenvalue weighted by Gasteiger charge is -2.71. The lowest BCUT2D eigenvalue weighted by molar-refractivity contribution is -0.396. The van der Waals surface area contributed by atoms with Crippen LogP contribution in [0.5, 0.6) is 0 Å². The van der Waals surface area contributed by atoms with Crippen molar-refractivity contribution in [2.75, 3.05) is 33.0 Å². The van der Waals surface area contributed by atoms with Gasteiger partial charge in [0.05, 0.1) is 62.2 Å². The average Bonchev–Trinajstić information content (AvgIpc) is 0.672. The minimum absolute atomic E-state index is 0.119. The maximum Gasteiger partial charge on any atom is 0.335 e. The zero-order valence-corrected chi connectivity index (χ0v) is 67.0. The number of allylic oxidation sites excluding steroid dienone is 2. The van der Waals surface area contributed by atoms with Gasteiger partial charge in [0.15, 0.2) is 62.3 Å². The van der Waals surface area contributed by atoms with E-state index in [1.807, 2.05) is 0 Å². The van der Waals surface area contributed by atoms with E-state index in [9.17, 15) is 117 Å². The fourth-order valence-electron chi connectivity index (χ4n) is 21.7. The summed E-state index contributed by atoms with van der Waals surface area (Å²) in [7, 11) is 0. The highest BCUT2D eigenvalue weighted by Crippen LogP contribution is 2.76. The number of carbonyl (C=O) groups is 4. The van der Waals surface area contributed by atoms with Crippen molar-refractivity contribution in [1.82, 2.24) is 0 Å². The molecular formula is C77H120O41. The van der Waals surface area contributed by atoms with Crippen LogP contribution in [-0.4, -0.2) is 393 Å². The summed E-state index contributed by atoms with van der Waals surface area (Å²) < 4.78 is 102. The van der Waals surface area contributed by atoms with Crippen molar-refractivity contribution in [2.24, 2.45) is 50.2 Å². The third kappa shape index (κ3) is 16.4. The number of carboxylic acids is 1. The summed E-state index contributed by atoms with van der Waals surface area (Å²) in [6, 6.07) is 0. The number of carbonyl (C=O) groups excluding carboxylic acids is 3. The first-order valence-corrected chi connectivity index (χ1v) is 40.7. The number of aliphatic hydroxyl groups excluding tert-OH is 19. The Kier molecular flexibility index (Phi) is 27.6. The zero-order valence-electron chi connectivity index (χ0n) is 67.0. The lowest BCUT2D eigenvalue weighted by Crippen LogP contribution is -2.68. The summed E-state index contributed by atoms with van der Waals surface area (Å²) in [5.41, 5.74) is -3.88. The number of hydrogen-bond acceptors (Lipinski definition) is 40. The predicted octanol–water partition coefficient (Wildman–Crippen LogP) is -6.92. The van der Waals surface area contributed by atoms with Gasteiger partial charge in [-0.25, -0.2) is 4.79 Å². The van der Waals surface area contributed by atoms with Crippen LogP contribution < -0.4 is 0 Å². The predicted molar refractivity (Wildman–Crippen MR) is 383 cm³/mol. The Hall–Kier alpha value is -3.54. The van der Waals surface area contributed by atoms with E-state index in [2.05, 4.69) is 40.7 Å². The molecule has 12 fully saturated rings. The van der Waals surface area contributed by atoms with Gasteiger partial charge in [0.25, 0.3) is 0 Å². The van der Waals surface area contributed by atoms with Crippen molar-refractivity contribution < 1.29 is 202 Å². The highest BCUT2D eigenvalue weighted by Gasteiger charge is 2.72. The second kappa shape index (κ2) is 35.4. The maximum absolute atomic E-state index is 16.1. The maximum atomic E-state index is 16.1. The molecule has 0 aromatic carbocycles. The van der Waals surface area contributed by atoms with E-state index in [1.54, 1.807) is 6.92 Å². The Bertz CT molecular complexity index is 3510. The smallest absolute Gasteiger partial charge is 0.335 e. The molecule has 8 saturated heterocycles. The van der Waals surface area contributed by atoms with Crippen LogP contribution in [0.2, 0.25) is 0 Å². The first-order chi connectivity index (χ1) is 55.4. The van der Waals surface area contributed by atoms with Crippen LogP contribution in [0.4, 0.5) is 0 Å². The van der Waals surface area contributed by atoms with Crippen molar-refractivity contribution in [3.05, 3.63) is 11.6 Å². The molecule has 13 aliphatic rings. The molecule has 1 unspecified atom stereocenters. The molecular weight excluding hydrogens is 1580 g/mol. The number of rotatable bonds is 21. The summed E-state index contributed by atoms with van der Waals surface area (Å²) in [6.45, 7) is 13.0. The summed E-state index contributed by atoms with van der Waals surface area (Å²) >= 11 is 0. The molecule has 0 radical (unpaired) electrons. The molecule has 46 atom stereocenters. The Morgan fingerprint density at radius 3 is 1.52 bits per heavy atom. The third-order valence-corrected chi connectivity index (χ3v) is 28.8. The average molecular weight is 1700 g/mol. The number of aliphatic hydroxyl groups is 19. The van der Waals surface area contributed by atoms with Gasteiger partial charge in [-0.15, -0.1) is 0 Å². The number of aldehydes is 1. The highest BCUT2D eigenvalue weighted by atomic mass is 16.8. The van der Waals surface area contributed by atoms with Crippen molar-refractivity contribution in [2.45, 2.75) is 360 Å². The van der Waals surface area contributed by atoms with Gasteiger partial charge in [-0.05, 0) is 117 Å². The Labute approximate surface area is 678 Å². The molecule has 4 saturated carbocycles. The largest absolute Gasteiger partial charge is 0.479 e. The van der Waals surface area contributed by atoms with E-state index in [0.29, 0.717) is 51.4 Å². The normalized spacial score (nSPS) is 53.6. The molecule has 41 heteroatoms. The SMILES string of the molecule is CC(=O)O[C@@H]1[C@H](O)[C@@H](O[C@@H]2O[C@@H](C)[C@H](O[C@@H]3OC[C@@H](O[C@@H]4OC[C@@H](O)[C@H](O)[C@H]4O)[C@H](O)[C@H]3O)[C@@H](O[C@@H]3O[C@H](CO)[C@@H](O)[C@H](O)[C@H]3O)[C@H]2O)[C@H](OC(=O)[C@]23CCC(C)(C)C[C@H]2C2=CC[C@@H]4[C@@]5(C)CCC(O[C@@H]6O[C@H](C(=O)O)[C@@H](O[C@@H]7OC[C@@H](O)[C@H](O)[C@H]7O)[C@H](O)[C@H]6O[C@@H]6O[C@H](CO)[C@H](O)[C@H](O)[C@H]6O)[C@@](C)(C=O)[C@@H]5CC[C@@]4(C)[C@]2(C)CC3)O[C@@H]1C. The molecule has 0 bridgehead atoms. The fourth-order valence-corrected chi connectivity index (χ4v) is 21.7. The number of ether oxygens (including phenoxy) is 17. The van der Waals surface area contributed by atoms with Crippen molar-refractivity contribution in [3.63, 3.8) is 0 Å². The standard InChI is InChI=1S/C77H120O41/c1-27-55(107-29(3)81)52(96)59(116-68-54(98)58(114-66-50(94)45(89)42(86)34(21-78)108-66)56(28(2)105-68)112-65-49(93)44(88)36(25-104-65)110-63-47(91)40(84)32(82)23-102-63)69(106-27)118-71(101)77-18-16-72(4,5)20-31(77)30-10-11-38-73(6)14-13-39(74(7,26-80)37(73)12-15-76(38,9)75(30,8)17-19-77)111-70-60(115-67-51(95)46(90)43(87)35(22-79)109-67)53(97)57(61(117-70)62(99)100)113-64-48(92)41(85)33(83)24-103-64/h10,26-28,31-61,63-70,78-79,82-98H,11-25H2,1-9H3,(H,99,100)/t27-,28+,31+,32-,33-,34-,35-,36-,37-,38-,39?,40+,41+,42-,43+,44+,45+,46+,47-,48-,49-,50-,51-,52+,53+,54-,55+,56+,57+,58+,59-,60-,61+,63+,64+,65+,66+,67+,68+,69+,70-,73+,74+,75-,76-,77+/m1/s1. The molecule has 5 aliphatic carbocycles. The molecule has 674 valence electrons. The lowest BCUT2D eigenvalue weighted by atomic mass is 9.33. The zero-order chi connectivity index (χ0) is 86.0. The monoisotopic (exact) mass is 1700 g/mol. The molecule has 8 aliphatic heterocycles. The van der Waals surface area contributed by atoms with Crippen LogP contribution in [0.3, 0.4) is 0 Å². The molecule has 20 N–H and O–H groups in total. The Morgan fingerprint density at radius 2 is 0.949 bits per heavy atom. The van der Waals surface area contributed by atoms with E-state index in [4.69, 9.17) is 80.5 Å². The number of fused-ring (bicyclic) bond motifs is 7. The molecule has 41 nitrogen and oxygen atoms in total. The fraction of sp³-hybridized carbons (Fsp3) is 0.922. The molecule has 0 aromatic rings. The van der Waals surface area contributed by atoms with Crippen molar-refractivity contribution in [1.29, 1.82) is 0 Å². The molecule has 118 heavy (non-hydrogen) atoms. The molecule has 0 spiro atoms. The van der Waals surface area contributed by atoms with Crippen LogP contribution in [-0.2, 0) is 99.7 Å². The van der Waals surface area contributed by atoms with Gasteiger partial charge in [0, 0.05) is 6.92 Å². The summed E-state index contributed by atoms with van der Waals surface area (Å²) in [5, 5.41) is 220. The Balaban J connectivity index is 0.756. The van der Waals surface area contributed by atoms with Gasteiger partial charge >= 0.3 is 17.9 Å². The quantitative estimate of drug-likeness (QED) is 0.0220. The van der Waals surface area contributed by atoms with Crippen LogP contribution >= 0.6 is 0 Å². The first kappa shape index (κ1) is 92.1. The minimum atomic E-state index is -2.19. The van der Waals surface area contributed by atoms with Crippen LogP contribution in [0.25, 0.3) is 0 Å². The van der Waals surface area contributed by atoms with Gasteiger partial charge in [-0.2, -0.15) is 0 Å². The van der Waals surface area contributed by atoms with Crippen molar-refractivity contribution >= 4 is 24.2 Å². The van der Waals surface area contributed by atoms with Crippen LogP contribution in [0.1, 0.15) is 127 Å². The summed E-state index contributed by atoms with van der Waals surface area (Å²) in [6.07, 6.45) is -62.3. The van der Waals surface area contributed by atoms with Gasteiger partial charge in [0.2, 0.25) is 6.29 Å². The Morgan fingerprint density at radius 1 is 0.458 bits per heavy atom. The van der Waals surface area contributed by atoms with Gasteiger partial charge in [-0.1, -0.05) is 53.2 Å². The van der Waals surface area contributed by atoms with Gasteiger partial charge in [0.1, 0.15) is 153 Å². The van der Waals surface area contributed by atoms with E-state index >= 15 is 4.79 Å². The summed E-state index contributed by atoms with van der Waals surface area (Å²) in [4.78, 5) is 56.4. The van der Waals surface area contributed by atoms with E-state index < -0.39 is 323 Å². The number of esters is 2. The van der Waals surface area contributed by atoms with Crippen LogP contribution in [0.15, 0.2) is 11.6 Å². The van der Waals surface area contributed by atoms with Gasteiger partial charge in [-0.3, -0.25) is 9.59 Å². The number of aliphatic carboxylic acids is 1. The minimum Gasteiger partial charge on any atom is -0.479 e. The van der Waals surface area contributed by atoms with E-state index in [-0.39, 0.29) is 24.2 Å². The van der Waals surface area contributed by atoms with E-state index in [1.165, 1.54) is 13.8 Å². The van der Waals surface area contributed by atoms with Gasteiger partial charge < -0.3 is 187 Å². The third-order valence-electron chi connectivity index (χ3n) is 28.8. The molecule has 0 amide bonds. The molecule has 13 rings (SSSR count).